The first-order valence-corrected chi connectivity index (χ1v) is 9.30. The van der Waals surface area contributed by atoms with Crippen molar-refractivity contribution in [3.05, 3.63) is 102 Å². The number of ether oxygens (including phenoxy) is 2. The molecule has 4 aromatic carbocycles. The number of phenols is 1. The van der Waals surface area contributed by atoms with Gasteiger partial charge in [0.05, 0.1) is 5.39 Å². The lowest BCUT2D eigenvalue weighted by Crippen LogP contribution is -1.99. The Hall–Kier alpha value is -3.46. The summed E-state index contributed by atoms with van der Waals surface area (Å²) in [6, 6.07) is 27.5. The quantitative estimate of drug-likeness (QED) is 0.451. The van der Waals surface area contributed by atoms with Gasteiger partial charge in [0.25, 0.3) is 0 Å². The minimum absolute atomic E-state index is 0.185. The Morgan fingerprint density at radius 2 is 1.25 bits per heavy atom. The van der Waals surface area contributed by atoms with Crippen LogP contribution in [0, 0.1) is 6.92 Å². The van der Waals surface area contributed by atoms with E-state index in [0.29, 0.717) is 24.3 Å². The fraction of sp³-hybridized carbons (Fsp3) is 0.120. The number of phenolic OH excluding ortho intramolecular Hbond substituents is 1. The van der Waals surface area contributed by atoms with E-state index in [1.165, 1.54) is 0 Å². The zero-order valence-electron chi connectivity index (χ0n) is 15.8. The summed E-state index contributed by atoms with van der Waals surface area (Å²) in [5, 5.41) is 12.0. The van der Waals surface area contributed by atoms with E-state index in [-0.39, 0.29) is 5.75 Å². The molecule has 0 aliphatic heterocycles. The maximum absolute atomic E-state index is 10.5. The van der Waals surface area contributed by atoms with Crippen LogP contribution in [-0.4, -0.2) is 5.11 Å². The summed E-state index contributed by atoms with van der Waals surface area (Å²) in [4.78, 5) is 0. The molecule has 0 amide bonds. The SMILES string of the molecule is Cc1cc(OCc2ccccc2)c2c(O)ccc(OCc3ccccc3)c2c1. The van der Waals surface area contributed by atoms with Gasteiger partial charge >= 0.3 is 0 Å². The summed E-state index contributed by atoms with van der Waals surface area (Å²) in [5.74, 6) is 1.57. The van der Waals surface area contributed by atoms with E-state index in [1.54, 1.807) is 12.1 Å². The van der Waals surface area contributed by atoms with Gasteiger partial charge in [0.15, 0.2) is 0 Å². The van der Waals surface area contributed by atoms with Crippen LogP contribution in [0.15, 0.2) is 84.9 Å². The van der Waals surface area contributed by atoms with Crippen molar-refractivity contribution in [1.29, 1.82) is 0 Å². The van der Waals surface area contributed by atoms with Gasteiger partial charge in [0.2, 0.25) is 0 Å². The molecule has 4 rings (SSSR count). The zero-order chi connectivity index (χ0) is 19.3. The number of hydrogen-bond donors (Lipinski definition) is 1. The van der Waals surface area contributed by atoms with Gasteiger partial charge < -0.3 is 14.6 Å². The van der Waals surface area contributed by atoms with Gasteiger partial charge in [-0.2, -0.15) is 0 Å². The molecule has 0 atom stereocenters. The van der Waals surface area contributed by atoms with Crippen LogP contribution >= 0.6 is 0 Å². The van der Waals surface area contributed by atoms with E-state index in [9.17, 15) is 5.11 Å². The Labute approximate surface area is 164 Å². The first-order chi connectivity index (χ1) is 13.7. The Morgan fingerprint density at radius 3 is 1.86 bits per heavy atom. The van der Waals surface area contributed by atoms with E-state index in [2.05, 4.69) is 0 Å². The molecule has 0 radical (unpaired) electrons. The number of aryl methyl sites for hydroxylation is 1. The van der Waals surface area contributed by atoms with Gasteiger partial charge in [-0.25, -0.2) is 0 Å². The van der Waals surface area contributed by atoms with E-state index in [4.69, 9.17) is 9.47 Å². The van der Waals surface area contributed by atoms with Gasteiger partial charge in [-0.15, -0.1) is 0 Å². The lowest BCUT2D eigenvalue weighted by atomic mass is 10.0. The van der Waals surface area contributed by atoms with E-state index in [0.717, 1.165) is 27.8 Å². The predicted molar refractivity (Wildman–Crippen MR) is 112 cm³/mol. The molecule has 0 saturated heterocycles. The largest absolute Gasteiger partial charge is 0.507 e. The molecule has 0 saturated carbocycles. The van der Waals surface area contributed by atoms with Gasteiger partial charge in [-0.1, -0.05) is 60.7 Å². The highest BCUT2D eigenvalue weighted by Gasteiger charge is 2.13. The maximum Gasteiger partial charge on any atom is 0.131 e. The molecule has 140 valence electrons. The van der Waals surface area contributed by atoms with E-state index >= 15 is 0 Å². The predicted octanol–water partition coefficient (Wildman–Crippen LogP) is 6.01. The Morgan fingerprint density at radius 1 is 0.679 bits per heavy atom. The molecule has 4 aromatic rings. The van der Waals surface area contributed by atoms with E-state index < -0.39 is 0 Å². The summed E-state index contributed by atoms with van der Waals surface area (Å²) in [6.45, 7) is 2.92. The second-order valence-electron chi connectivity index (χ2n) is 6.82. The van der Waals surface area contributed by atoms with Crippen LogP contribution in [0.1, 0.15) is 16.7 Å². The Kier molecular flexibility index (Phi) is 5.16. The van der Waals surface area contributed by atoms with E-state index in [1.807, 2.05) is 79.7 Å². The molecule has 0 heterocycles. The molecule has 0 aliphatic carbocycles. The summed E-state index contributed by atoms with van der Waals surface area (Å²) in [6.07, 6.45) is 0. The second kappa shape index (κ2) is 8.05. The minimum Gasteiger partial charge on any atom is -0.507 e. The Bertz CT molecular complexity index is 1070. The molecular weight excluding hydrogens is 348 g/mol. The van der Waals surface area contributed by atoms with Crippen molar-refractivity contribution in [2.75, 3.05) is 0 Å². The Balaban J connectivity index is 1.67. The molecule has 0 spiro atoms. The zero-order valence-corrected chi connectivity index (χ0v) is 15.8. The molecule has 3 nitrogen and oxygen atoms in total. The standard InChI is InChI=1S/C25H22O3/c1-18-14-21-23(27-16-19-8-4-2-5-9-19)13-12-22(26)25(21)24(15-18)28-17-20-10-6-3-7-11-20/h2-15,26H,16-17H2,1H3. The third-order valence-electron chi connectivity index (χ3n) is 4.64. The van der Waals surface area contributed by atoms with Gasteiger partial charge in [-0.05, 0) is 47.9 Å². The number of hydrogen-bond acceptors (Lipinski definition) is 3. The number of aromatic hydroxyl groups is 1. The third kappa shape index (κ3) is 3.94. The van der Waals surface area contributed by atoms with Crippen molar-refractivity contribution in [3.63, 3.8) is 0 Å². The molecule has 0 aliphatic rings. The molecule has 0 unspecified atom stereocenters. The van der Waals surface area contributed by atoms with Crippen molar-refractivity contribution in [1.82, 2.24) is 0 Å². The third-order valence-corrected chi connectivity index (χ3v) is 4.64. The smallest absolute Gasteiger partial charge is 0.131 e. The van der Waals surface area contributed by atoms with Crippen molar-refractivity contribution in [3.8, 4) is 17.2 Å². The molecule has 0 fully saturated rings. The van der Waals surface area contributed by atoms with Crippen molar-refractivity contribution in [2.45, 2.75) is 20.1 Å². The van der Waals surface area contributed by atoms with Crippen LogP contribution in [0.5, 0.6) is 17.2 Å². The first kappa shape index (κ1) is 17.9. The van der Waals surface area contributed by atoms with Crippen LogP contribution < -0.4 is 9.47 Å². The normalized spacial score (nSPS) is 10.8. The minimum atomic E-state index is 0.185. The highest BCUT2D eigenvalue weighted by molar-refractivity contribution is 5.98. The molecule has 1 N–H and O–H groups in total. The van der Waals surface area contributed by atoms with Crippen molar-refractivity contribution in [2.24, 2.45) is 0 Å². The second-order valence-corrected chi connectivity index (χ2v) is 6.82. The molecule has 3 heteroatoms. The average molecular weight is 370 g/mol. The molecule has 0 bridgehead atoms. The van der Waals surface area contributed by atoms with Crippen LogP contribution in [0.3, 0.4) is 0 Å². The monoisotopic (exact) mass is 370 g/mol. The summed E-state index contributed by atoms with van der Waals surface area (Å²) < 4.78 is 12.1. The van der Waals surface area contributed by atoms with Crippen LogP contribution in [0.4, 0.5) is 0 Å². The number of rotatable bonds is 6. The fourth-order valence-corrected chi connectivity index (χ4v) is 3.25. The van der Waals surface area contributed by atoms with Crippen molar-refractivity contribution < 1.29 is 14.6 Å². The lowest BCUT2D eigenvalue weighted by Gasteiger charge is -2.15. The highest BCUT2D eigenvalue weighted by atomic mass is 16.5. The van der Waals surface area contributed by atoms with Gasteiger partial charge in [0, 0.05) is 5.39 Å². The lowest BCUT2D eigenvalue weighted by molar-refractivity contribution is 0.305. The highest BCUT2D eigenvalue weighted by Crippen LogP contribution is 2.40. The van der Waals surface area contributed by atoms with Crippen LogP contribution in [-0.2, 0) is 13.2 Å². The molecule has 28 heavy (non-hydrogen) atoms. The number of benzene rings is 4. The molecule has 0 aromatic heterocycles. The topological polar surface area (TPSA) is 38.7 Å². The van der Waals surface area contributed by atoms with Gasteiger partial charge in [-0.3, -0.25) is 0 Å². The maximum atomic E-state index is 10.5. The van der Waals surface area contributed by atoms with Crippen LogP contribution in [0.2, 0.25) is 0 Å². The fourth-order valence-electron chi connectivity index (χ4n) is 3.25. The molecular formula is C25H22O3. The first-order valence-electron chi connectivity index (χ1n) is 9.30. The number of fused-ring (bicyclic) bond motifs is 1. The average Bonchev–Trinajstić information content (AvgIpc) is 2.73. The summed E-state index contributed by atoms with van der Waals surface area (Å²) in [5.41, 5.74) is 3.22. The summed E-state index contributed by atoms with van der Waals surface area (Å²) >= 11 is 0. The van der Waals surface area contributed by atoms with Crippen LogP contribution in [0.25, 0.3) is 10.8 Å². The van der Waals surface area contributed by atoms with Crippen molar-refractivity contribution >= 4 is 10.8 Å². The summed E-state index contributed by atoms with van der Waals surface area (Å²) in [7, 11) is 0. The van der Waals surface area contributed by atoms with Gasteiger partial charge in [0.1, 0.15) is 30.5 Å².